The quantitative estimate of drug-likeness (QED) is 0.820. The highest BCUT2D eigenvalue weighted by atomic mass is 32.2. The summed E-state index contributed by atoms with van der Waals surface area (Å²) in [5.74, 6) is 2.72. The minimum Gasteiger partial charge on any atom is -0.348 e. The SMILES string of the molecule is CC(C)Cc1cc(C(=O)NC2CCN(C3CCSCC3)CC2)nc(=O)[nH]1. The highest BCUT2D eigenvalue weighted by molar-refractivity contribution is 7.99. The summed E-state index contributed by atoms with van der Waals surface area (Å²) >= 11 is 2.06. The van der Waals surface area contributed by atoms with E-state index in [-0.39, 0.29) is 17.6 Å². The standard InChI is InChI=1S/C19H30N4O2S/c1-13(2)11-15-12-17(22-19(25)21-15)18(24)20-14-3-7-23(8-4-14)16-5-9-26-10-6-16/h12-14,16H,3-11H2,1-2H3,(H,20,24)(H,21,22,25). The third-order valence-electron chi connectivity index (χ3n) is 5.23. The molecule has 0 unspecified atom stereocenters. The first-order chi connectivity index (χ1) is 12.5. The summed E-state index contributed by atoms with van der Waals surface area (Å²) in [5, 5.41) is 3.08. The Morgan fingerprint density at radius 1 is 1.31 bits per heavy atom. The summed E-state index contributed by atoms with van der Waals surface area (Å²) in [6, 6.07) is 2.61. The summed E-state index contributed by atoms with van der Waals surface area (Å²) in [6.07, 6.45) is 5.25. The van der Waals surface area contributed by atoms with Crippen molar-refractivity contribution < 1.29 is 4.79 Å². The lowest BCUT2D eigenvalue weighted by Gasteiger charge is -2.39. The normalized spacial score (nSPS) is 20.4. The fourth-order valence-corrected chi connectivity index (χ4v) is 4.97. The Labute approximate surface area is 159 Å². The lowest BCUT2D eigenvalue weighted by atomic mass is 10.0. The predicted octanol–water partition coefficient (Wildman–Crippen LogP) is 2.06. The van der Waals surface area contributed by atoms with Crippen LogP contribution in [-0.4, -0.2) is 57.5 Å². The molecule has 0 radical (unpaired) electrons. The molecule has 7 heteroatoms. The Balaban J connectivity index is 1.54. The molecule has 2 saturated heterocycles. The van der Waals surface area contributed by atoms with Crippen molar-refractivity contribution in [3.05, 3.63) is 27.9 Å². The van der Waals surface area contributed by atoms with Crippen LogP contribution in [0.1, 0.15) is 55.7 Å². The number of piperidine rings is 1. The van der Waals surface area contributed by atoms with Crippen LogP contribution in [0.4, 0.5) is 0 Å². The average molecular weight is 379 g/mol. The molecule has 0 bridgehead atoms. The monoisotopic (exact) mass is 378 g/mol. The molecule has 26 heavy (non-hydrogen) atoms. The number of hydrogen-bond acceptors (Lipinski definition) is 5. The van der Waals surface area contributed by atoms with Crippen molar-refractivity contribution in [2.24, 2.45) is 5.92 Å². The predicted molar refractivity (Wildman–Crippen MR) is 106 cm³/mol. The molecule has 0 aliphatic carbocycles. The van der Waals surface area contributed by atoms with Crippen LogP contribution in [0.15, 0.2) is 10.9 Å². The zero-order chi connectivity index (χ0) is 18.5. The summed E-state index contributed by atoms with van der Waals surface area (Å²) < 4.78 is 0. The van der Waals surface area contributed by atoms with Crippen LogP contribution in [0.5, 0.6) is 0 Å². The number of nitrogens with one attached hydrogen (secondary N) is 2. The van der Waals surface area contributed by atoms with Crippen LogP contribution in [0.25, 0.3) is 0 Å². The van der Waals surface area contributed by atoms with Crippen LogP contribution >= 0.6 is 11.8 Å². The molecule has 2 N–H and O–H groups in total. The van der Waals surface area contributed by atoms with Gasteiger partial charge in [0.2, 0.25) is 0 Å². The van der Waals surface area contributed by atoms with Crippen molar-refractivity contribution in [3.63, 3.8) is 0 Å². The van der Waals surface area contributed by atoms with Crippen molar-refractivity contribution in [3.8, 4) is 0 Å². The number of H-pyrrole nitrogens is 1. The molecule has 3 heterocycles. The minimum atomic E-state index is -0.446. The van der Waals surface area contributed by atoms with Gasteiger partial charge in [0.1, 0.15) is 5.69 Å². The zero-order valence-corrected chi connectivity index (χ0v) is 16.6. The summed E-state index contributed by atoms with van der Waals surface area (Å²) in [5.41, 5.74) is 0.560. The lowest BCUT2D eigenvalue weighted by molar-refractivity contribution is 0.0881. The number of likely N-dealkylation sites (tertiary alicyclic amines) is 1. The van der Waals surface area contributed by atoms with Crippen LogP contribution in [0.3, 0.4) is 0 Å². The molecule has 1 aromatic heterocycles. The number of nitrogens with zero attached hydrogens (tertiary/aromatic N) is 2. The zero-order valence-electron chi connectivity index (χ0n) is 15.8. The van der Waals surface area contributed by atoms with Gasteiger partial charge in [0.25, 0.3) is 5.91 Å². The number of carbonyl (C=O) groups is 1. The second kappa shape index (κ2) is 9.04. The number of aromatic amines is 1. The van der Waals surface area contributed by atoms with Gasteiger partial charge in [-0.05, 0) is 55.6 Å². The largest absolute Gasteiger partial charge is 0.348 e. The smallest absolute Gasteiger partial charge is 0.345 e. The van der Waals surface area contributed by atoms with Gasteiger partial charge in [-0.3, -0.25) is 4.79 Å². The van der Waals surface area contributed by atoms with E-state index in [9.17, 15) is 9.59 Å². The molecular formula is C19H30N4O2S. The number of amides is 1. The Hall–Kier alpha value is -1.34. The first-order valence-corrected chi connectivity index (χ1v) is 10.9. The topological polar surface area (TPSA) is 78.1 Å². The van der Waals surface area contributed by atoms with E-state index in [0.29, 0.717) is 5.92 Å². The Bertz CT molecular complexity index is 662. The maximum atomic E-state index is 12.5. The summed E-state index contributed by atoms with van der Waals surface area (Å²) in [7, 11) is 0. The Kier molecular flexibility index (Phi) is 6.75. The van der Waals surface area contributed by atoms with E-state index in [2.05, 4.69) is 45.8 Å². The third-order valence-corrected chi connectivity index (χ3v) is 6.28. The average Bonchev–Trinajstić information content (AvgIpc) is 2.62. The van der Waals surface area contributed by atoms with Crippen molar-refractivity contribution in [2.45, 2.75) is 58.0 Å². The van der Waals surface area contributed by atoms with E-state index in [1.54, 1.807) is 6.07 Å². The molecule has 6 nitrogen and oxygen atoms in total. The maximum Gasteiger partial charge on any atom is 0.345 e. The van der Waals surface area contributed by atoms with Crippen molar-refractivity contribution in [2.75, 3.05) is 24.6 Å². The van der Waals surface area contributed by atoms with Crippen LogP contribution < -0.4 is 11.0 Å². The van der Waals surface area contributed by atoms with E-state index in [1.807, 2.05) is 0 Å². The second-order valence-corrected chi connectivity index (χ2v) is 9.05. The third kappa shape index (κ3) is 5.33. The molecule has 0 saturated carbocycles. The molecule has 2 aliphatic rings. The van der Waals surface area contributed by atoms with Gasteiger partial charge >= 0.3 is 5.69 Å². The lowest BCUT2D eigenvalue weighted by Crippen LogP contribution is -2.49. The first kappa shape index (κ1) is 19.4. The molecular weight excluding hydrogens is 348 g/mol. The van der Waals surface area contributed by atoms with E-state index < -0.39 is 5.69 Å². The van der Waals surface area contributed by atoms with E-state index in [4.69, 9.17) is 0 Å². The number of rotatable bonds is 5. The van der Waals surface area contributed by atoms with Gasteiger partial charge in [0, 0.05) is 30.9 Å². The number of thioether (sulfide) groups is 1. The van der Waals surface area contributed by atoms with Gasteiger partial charge in [-0.15, -0.1) is 0 Å². The van der Waals surface area contributed by atoms with Crippen molar-refractivity contribution >= 4 is 17.7 Å². The van der Waals surface area contributed by atoms with Gasteiger partial charge in [-0.2, -0.15) is 16.7 Å². The van der Waals surface area contributed by atoms with Crippen LogP contribution in [0, 0.1) is 5.92 Å². The summed E-state index contributed by atoms with van der Waals surface area (Å²) in [4.78, 5) is 33.5. The molecule has 2 fully saturated rings. The first-order valence-electron chi connectivity index (χ1n) is 9.74. The highest BCUT2D eigenvalue weighted by Crippen LogP contribution is 2.24. The van der Waals surface area contributed by atoms with Gasteiger partial charge in [-0.25, -0.2) is 4.79 Å². The molecule has 0 aromatic carbocycles. The second-order valence-electron chi connectivity index (χ2n) is 7.82. The Morgan fingerprint density at radius 3 is 2.65 bits per heavy atom. The van der Waals surface area contributed by atoms with Gasteiger partial charge in [0.05, 0.1) is 0 Å². The summed E-state index contributed by atoms with van der Waals surface area (Å²) in [6.45, 7) is 6.25. The Morgan fingerprint density at radius 2 is 2.00 bits per heavy atom. The van der Waals surface area contributed by atoms with E-state index in [0.717, 1.165) is 44.1 Å². The van der Waals surface area contributed by atoms with E-state index >= 15 is 0 Å². The highest BCUT2D eigenvalue weighted by Gasteiger charge is 2.27. The number of hydrogen-bond donors (Lipinski definition) is 2. The van der Waals surface area contributed by atoms with E-state index in [1.165, 1.54) is 24.3 Å². The molecule has 0 spiro atoms. The maximum absolute atomic E-state index is 12.5. The number of carbonyl (C=O) groups excluding carboxylic acids is 1. The van der Waals surface area contributed by atoms with Crippen molar-refractivity contribution in [1.29, 1.82) is 0 Å². The van der Waals surface area contributed by atoms with Gasteiger partial charge in [-0.1, -0.05) is 13.8 Å². The number of aromatic nitrogens is 2. The minimum absolute atomic E-state index is 0.173. The van der Waals surface area contributed by atoms with Crippen LogP contribution in [-0.2, 0) is 6.42 Å². The molecule has 1 aromatic rings. The fourth-order valence-electron chi connectivity index (χ4n) is 3.89. The molecule has 1 amide bonds. The molecule has 0 atom stereocenters. The van der Waals surface area contributed by atoms with Gasteiger partial charge in [0.15, 0.2) is 0 Å². The van der Waals surface area contributed by atoms with Gasteiger partial charge < -0.3 is 15.2 Å². The fraction of sp³-hybridized carbons (Fsp3) is 0.737. The molecule has 2 aliphatic heterocycles. The molecule has 3 rings (SSSR count). The van der Waals surface area contributed by atoms with Crippen molar-refractivity contribution in [1.82, 2.24) is 20.2 Å². The molecule has 144 valence electrons. The van der Waals surface area contributed by atoms with Crippen LogP contribution in [0.2, 0.25) is 0 Å².